The number of hydrogen-bond acceptors (Lipinski definition) is 7. The van der Waals surface area contributed by atoms with E-state index in [4.69, 9.17) is 25.8 Å². The zero-order valence-electron chi connectivity index (χ0n) is 17.8. The lowest BCUT2D eigenvalue weighted by molar-refractivity contribution is -0.154. The fraction of sp³-hybridized carbons (Fsp3) is 0.360. The predicted molar refractivity (Wildman–Crippen MR) is 124 cm³/mol. The van der Waals surface area contributed by atoms with Gasteiger partial charge < -0.3 is 14.2 Å². The van der Waals surface area contributed by atoms with Crippen LogP contribution in [0.25, 0.3) is 0 Å². The first-order chi connectivity index (χ1) is 16.3. The summed E-state index contributed by atoms with van der Waals surface area (Å²) in [6, 6.07) is 12.9. The number of fused-ring (bicyclic) bond motifs is 1. The molecule has 0 unspecified atom stereocenters. The molecular formula is C25H20BrClO7. The van der Waals surface area contributed by atoms with Crippen LogP contribution < -0.4 is 4.74 Å². The second-order valence-electron chi connectivity index (χ2n) is 8.79. The molecule has 0 spiro atoms. The summed E-state index contributed by atoms with van der Waals surface area (Å²) in [7, 11) is 0. The van der Waals surface area contributed by atoms with Crippen molar-refractivity contribution in [1.82, 2.24) is 0 Å². The molecule has 7 nitrogen and oxygen atoms in total. The number of benzene rings is 2. The lowest BCUT2D eigenvalue weighted by Crippen LogP contribution is -2.39. The number of halogens is 2. The van der Waals surface area contributed by atoms with E-state index >= 15 is 0 Å². The van der Waals surface area contributed by atoms with Crippen molar-refractivity contribution in [2.75, 3.05) is 6.61 Å². The van der Waals surface area contributed by atoms with Crippen LogP contribution in [0.5, 0.6) is 5.75 Å². The SMILES string of the molecule is O=C(Cc1ccc(Cl)cc1)Oc1ccc(C(=O)COC(=O)[C@@H]2[C@H]3C[C@H]4[C@H](OC(=O)[C@H]42)[C@@H]3Br)cc1. The van der Waals surface area contributed by atoms with Gasteiger partial charge in [-0.2, -0.15) is 0 Å². The first-order valence-corrected chi connectivity index (χ1v) is 12.2. The molecule has 3 aliphatic rings. The highest BCUT2D eigenvalue weighted by Crippen LogP contribution is 2.60. The minimum atomic E-state index is -0.587. The third-order valence-corrected chi connectivity index (χ3v) is 8.26. The van der Waals surface area contributed by atoms with E-state index in [1.54, 1.807) is 24.3 Å². The van der Waals surface area contributed by atoms with Crippen LogP contribution in [0.3, 0.4) is 0 Å². The van der Waals surface area contributed by atoms with Gasteiger partial charge in [0, 0.05) is 16.5 Å². The van der Waals surface area contributed by atoms with Crippen LogP contribution in [0, 0.1) is 23.7 Å². The topological polar surface area (TPSA) is 96.0 Å². The Bertz CT molecular complexity index is 1150. The highest BCUT2D eigenvalue weighted by atomic mass is 79.9. The van der Waals surface area contributed by atoms with E-state index in [0.717, 1.165) is 12.0 Å². The Morgan fingerprint density at radius 2 is 1.74 bits per heavy atom. The molecule has 9 heteroatoms. The minimum absolute atomic E-state index is 0.0316. The molecule has 2 bridgehead atoms. The number of hydrogen-bond donors (Lipinski definition) is 0. The molecule has 3 fully saturated rings. The Hall–Kier alpha value is -2.71. The highest BCUT2D eigenvalue weighted by Gasteiger charge is 2.68. The zero-order valence-corrected chi connectivity index (χ0v) is 20.2. The van der Waals surface area contributed by atoms with Crippen LogP contribution in [-0.2, 0) is 30.3 Å². The predicted octanol–water partition coefficient (Wildman–Crippen LogP) is 3.79. The molecule has 176 valence electrons. The van der Waals surface area contributed by atoms with Crippen molar-refractivity contribution >= 4 is 51.2 Å². The molecule has 2 aromatic rings. The summed E-state index contributed by atoms with van der Waals surface area (Å²) in [5, 5.41) is 0.584. The number of ketones is 1. The van der Waals surface area contributed by atoms with Crippen LogP contribution in [0.1, 0.15) is 22.3 Å². The highest BCUT2D eigenvalue weighted by molar-refractivity contribution is 9.09. The van der Waals surface area contributed by atoms with Gasteiger partial charge in [0.15, 0.2) is 12.4 Å². The zero-order chi connectivity index (χ0) is 24.0. The average Bonchev–Trinajstić information content (AvgIpc) is 3.43. The van der Waals surface area contributed by atoms with Crippen LogP contribution in [0.15, 0.2) is 48.5 Å². The third-order valence-electron chi connectivity index (χ3n) is 6.81. The largest absolute Gasteiger partial charge is 0.461 e. The minimum Gasteiger partial charge on any atom is -0.461 e. The Morgan fingerprint density at radius 1 is 1.03 bits per heavy atom. The van der Waals surface area contributed by atoms with E-state index < -0.39 is 36.2 Å². The maximum Gasteiger partial charge on any atom is 0.315 e. The molecule has 1 heterocycles. The molecule has 5 rings (SSSR count). The average molecular weight is 548 g/mol. The van der Waals surface area contributed by atoms with Crippen LogP contribution in [0.2, 0.25) is 5.02 Å². The van der Waals surface area contributed by atoms with Gasteiger partial charge in [-0.15, -0.1) is 0 Å². The lowest BCUT2D eigenvalue weighted by Gasteiger charge is -2.26. The number of carbonyl (C=O) groups is 4. The molecular weight excluding hydrogens is 528 g/mol. The standard InChI is InChI=1S/C25H20BrClO7/c26-22-16-10-17-21(25(31)34-23(17)22)20(16)24(30)32-11-18(28)13-3-7-15(8-4-13)33-19(29)9-12-1-5-14(27)6-2-12/h1-8,16-17,20-23H,9-11H2/t16-,17-,20-,21-,22-,23+/m1/s1. The van der Waals surface area contributed by atoms with Crippen molar-refractivity contribution in [2.24, 2.45) is 23.7 Å². The lowest BCUT2D eigenvalue weighted by atomic mass is 9.80. The van der Waals surface area contributed by atoms with Crippen molar-refractivity contribution in [3.63, 3.8) is 0 Å². The van der Waals surface area contributed by atoms with Gasteiger partial charge in [0.25, 0.3) is 0 Å². The van der Waals surface area contributed by atoms with E-state index in [1.807, 2.05) is 0 Å². The monoisotopic (exact) mass is 546 g/mol. The van der Waals surface area contributed by atoms with E-state index in [2.05, 4.69) is 15.9 Å². The molecule has 6 atom stereocenters. The summed E-state index contributed by atoms with van der Waals surface area (Å²) in [6.07, 6.45) is 0.650. The molecule has 0 aromatic heterocycles. The van der Waals surface area contributed by atoms with E-state index in [0.29, 0.717) is 16.3 Å². The molecule has 34 heavy (non-hydrogen) atoms. The molecule has 2 saturated carbocycles. The molecule has 0 amide bonds. The number of esters is 3. The van der Waals surface area contributed by atoms with Gasteiger partial charge in [-0.3, -0.25) is 19.2 Å². The Kier molecular flexibility index (Phi) is 6.20. The van der Waals surface area contributed by atoms with Crippen molar-refractivity contribution < 1.29 is 33.4 Å². The summed E-state index contributed by atoms with van der Waals surface area (Å²) in [5.41, 5.74) is 1.09. The number of carbonyl (C=O) groups excluding carboxylic acids is 4. The Labute approximate surface area is 208 Å². The molecule has 1 aliphatic heterocycles. The maximum absolute atomic E-state index is 12.7. The number of Topliss-reactive ketones (excluding diaryl/α,β-unsaturated/α-hetero) is 1. The van der Waals surface area contributed by atoms with Crippen molar-refractivity contribution in [1.29, 1.82) is 0 Å². The molecule has 1 saturated heterocycles. The molecule has 2 aromatic carbocycles. The molecule has 2 aliphatic carbocycles. The van der Waals surface area contributed by atoms with Crippen molar-refractivity contribution in [2.45, 2.75) is 23.8 Å². The number of ether oxygens (including phenoxy) is 3. The number of rotatable bonds is 7. The van der Waals surface area contributed by atoms with Gasteiger partial charge in [0.2, 0.25) is 0 Å². The second kappa shape index (κ2) is 9.15. The summed E-state index contributed by atoms with van der Waals surface area (Å²) in [4.78, 5) is 49.5. The quantitative estimate of drug-likeness (QED) is 0.225. The summed E-state index contributed by atoms with van der Waals surface area (Å²) in [5.74, 6) is -2.50. The Balaban J connectivity index is 1.14. The van der Waals surface area contributed by atoms with Crippen molar-refractivity contribution in [3.8, 4) is 5.75 Å². The fourth-order valence-electron chi connectivity index (χ4n) is 5.26. The van der Waals surface area contributed by atoms with Gasteiger partial charge in [-0.1, -0.05) is 39.7 Å². The molecule has 0 radical (unpaired) electrons. The van der Waals surface area contributed by atoms with Crippen LogP contribution in [0.4, 0.5) is 0 Å². The van der Waals surface area contributed by atoms with Crippen LogP contribution in [-0.4, -0.2) is 41.2 Å². The normalized spacial score (nSPS) is 28.5. The first-order valence-electron chi connectivity index (χ1n) is 10.9. The van der Waals surface area contributed by atoms with E-state index in [9.17, 15) is 19.2 Å². The first kappa shape index (κ1) is 23.1. The molecule has 0 N–H and O–H groups in total. The van der Waals surface area contributed by atoms with Gasteiger partial charge in [0.1, 0.15) is 11.9 Å². The number of alkyl halides is 1. The maximum atomic E-state index is 12.7. The van der Waals surface area contributed by atoms with Gasteiger partial charge in [-0.25, -0.2) is 0 Å². The van der Waals surface area contributed by atoms with Gasteiger partial charge in [-0.05, 0) is 54.3 Å². The van der Waals surface area contributed by atoms with E-state index in [-0.39, 0.29) is 35.2 Å². The van der Waals surface area contributed by atoms with Gasteiger partial charge >= 0.3 is 17.9 Å². The van der Waals surface area contributed by atoms with Gasteiger partial charge in [0.05, 0.1) is 23.1 Å². The summed E-state index contributed by atoms with van der Waals surface area (Å²) < 4.78 is 16.0. The van der Waals surface area contributed by atoms with Crippen molar-refractivity contribution in [3.05, 3.63) is 64.7 Å². The smallest absolute Gasteiger partial charge is 0.315 e. The van der Waals surface area contributed by atoms with E-state index in [1.165, 1.54) is 24.3 Å². The fourth-order valence-corrected chi connectivity index (χ4v) is 6.43. The second-order valence-corrected chi connectivity index (χ2v) is 10.3. The summed E-state index contributed by atoms with van der Waals surface area (Å²) in [6.45, 7) is -0.430. The Morgan fingerprint density at radius 3 is 2.44 bits per heavy atom. The summed E-state index contributed by atoms with van der Waals surface area (Å²) >= 11 is 9.39. The third kappa shape index (κ3) is 4.25. The van der Waals surface area contributed by atoms with Crippen LogP contribution >= 0.6 is 27.5 Å².